The van der Waals surface area contributed by atoms with Gasteiger partial charge in [-0.25, -0.2) is 4.79 Å². The molecule has 0 saturated heterocycles. The lowest BCUT2D eigenvalue weighted by Crippen LogP contribution is -2.37. The molecule has 2 rings (SSSR count). The number of benzene rings is 1. The molecule has 1 atom stereocenters. The van der Waals surface area contributed by atoms with E-state index in [0.717, 1.165) is 23.1 Å². The summed E-state index contributed by atoms with van der Waals surface area (Å²) in [5.41, 5.74) is 2.77. The first-order valence-corrected chi connectivity index (χ1v) is 7.36. The summed E-state index contributed by atoms with van der Waals surface area (Å²) >= 11 is 0. The van der Waals surface area contributed by atoms with E-state index >= 15 is 0 Å². The van der Waals surface area contributed by atoms with Gasteiger partial charge in [0, 0.05) is 18.9 Å². The predicted octanol–water partition coefficient (Wildman–Crippen LogP) is 2.52. The van der Waals surface area contributed by atoms with Gasteiger partial charge in [0.2, 0.25) is 0 Å². The zero-order valence-corrected chi connectivity index (χ0v) is 12.6. The molecule has 0 aliphatic rings. The largest absolute Gasteiger partial charge is 0.392 e. The molecule has 1 unspecified atom stereocenters. The van der Waals surface area contributed by atoms with Crippen LogP contribution < -0.4 is 10.6 Å². The third kappa shape index (κ3) is 4.30. The highest BCUT2D eigenvalue weighted by atomic mass is 16.3. The number of nitrogens with one attached hydrogen (secondary N) is 2. The Bertz CT molecular complexity index is 602. The fraction of sp³-hybridized carbons (Fsp3) is 0.294. The minimum Gasteiger partial charge on any atom is -0.392 e. The van der Waals surface area contributed by atoms with Crippen LogP contribution in [-0.4, -0.2) is 16.1 Å². The number of aliphatic hydroxyl groups excluding tert-OH is 1. The second-order valence-electron chi connectivity index (χ2n) is 5.00. The molecular weight excluding hydrogens is 278 g/mol. The summed E-state index contributed by atoms with van der Waals surface area (Å²) in [4.78, 5) is 16.0. The second-order valence-corrected chi connectivity index (χ2v) is 5.00. The summed E-state index contributed by atoms with van der Waals surface area (Å²) < 4.78 is 0. The van der Waals surface area contributed by atoms with E-state index in [1.54, 1.807) is 12.4 Å². The summed E-state index contributed by atoms with van der Waals surface area (Å²) in [5, 5.41) is 15.1. The molecule has 0 saturated carbocycles. The average molecular weight is 299 g/mol. The van der Waals surface area contributed by atoms with Crippen molar-refractivity contribution in [1.29, 1.82) is 0 Å². The van der Waals surface area contributed by atoms with Crippen molar-refractivity contribution >= 4 is 6.03 Å². The molecule has 0 spiro atoms. The topological polar surface area (TPSA) is 74.2 Å². The van der Waals surface area contributed by atoms with Gasteiger partial charge < -0.3 is 15.7 Å². The Labute approximate surface area is 130 Å². The highest BCUT2D eigenvalue weighted by molar-refractivity contribution is 5.74. The quantitative estimate of drug-likeness (QED) is 0.767. The van der Waals surface area contributed by atoms with Crippen molar-refractivity contribution in [3.8, 4) is 0 Å². The molecule has 0 fully saturated rings. The lowest BCUT2D eigenvalue weighted by atomic mass is 10.1. The predicted molar refractivity (Wildman–Crippen MR) is 85.0 cm³/mol. The zero-order chi connectivity index (χ0) is 15.8. The van der Waals surface area contributed by atoms with Gasteiger partial charge in [-0.3, -0.25) is 4.98 Å². The van der Waals surface area contributed by atoms with Crippen molar-refractivity contribution in [2.24, 2.45) is 0 Å². The van der Waals surface area contributed by atoms with Crippen LogP contribution in [-0.2, 0) is 13.2 Å². The van der Waals surface area contributed by atoms with E-state index in [0.29, 0.717) is 6.54 Å². The third-order valence-electron chi connectivity index (χ3n) is 3.55. The monoisotopic (exact) mass is 299 g/mol. The molecule has 0 radical (unpaired) electrons. The Morgan fingerprint density at radius 3 is 2.50 bits per heavy atom. The van der Waals surface area contributed by atoms with Gasteiger partial charge in [0.1, 0.15) is 0 Å². The minimum atomic E-state index is -0.226. The molecule has 0 bridgehead atoms. The summed E-state index contributed by atoms with van der Waals surface area (Å²) in [6.07, 6.45) is 4.23. The number of rotatable bonds is 6. The maximum Gasteiger partial charge on any atom is 0.315 e. The third-order valence-corrected chi connectivity index (χ3v) is 3.55. The van der Waals surface area contributed by atoms with Crippen LogP contribution in [0.25, 0.3) is 0 Å². The first-order valence-electron chi connectivity index (χ1n) is 7.36. The minimum absolute atomic E-state index is 0.0337. The lowest BCUT2D eigenvalue weighted by Gasteiger charge is -2.18. The van der Waals surface area contributed by atoms with Gasteiger partial charge in [0.05, 0.1) is 12.6 Å². The van der Waals surface area contributed by atoms with Gasteiger partial charge in [-0.15, -0.1) is 0 Å². The first-order chi connectivity index (χ1) is 10.7. The second kappa shape index (κ2) is 8.14. The Hall–Kier alpha value is -2.40. The smallest absolute Gasteiger partial charge is 0.315 e. The maximum absolute atomic E-state index is 12.1. The molecule has 5 heteroatoms. The number of aliphatic hydroxyl groups is 1. The lowest BCUT2D eigenvalue weighted by molar-refractivity contribution is 0.236. The van der Waals surface area contributed by atoms with Crippen LogP contribution in [0.5, 0.6) is 0 Å². The van der Waals surface area contributed by atoms with Gasteiger partial charge in [0.25, 0.3) is 0 Å². The Balaban J connectivity index is 1.92. The van der Waals surface area contributed by atoms with Gasteiger partial charge >= 0.3 is 6.03 Å². The number of hydrogen-bond donors (Lipinski definition) is 3. The highest BCUT2D eigenvalue weighted by Crippen LogP contribution is 2.15. The van der Waals surface area contributed by atoms with Crippen LogP contribution in [0.1, 0.15) is 36.1 Å². The van der Waals surface area contributed by atoms with E-state index in [1.807, 2.05) is 43.3 Å². The van der Waals surface area contributed by atoms with Gasteiger partial charge in [-0.1, -0.05) is 31.2 Å². The van der Waals surface area contributed by atoms with Crippen LogP contribution in [0.4, 0.5) is 4.79 Å². The molecule has 0 aliphatic heterocycles. The standard InChI is InChI=1S/C17H21N3O2/c1-2-16(13-7-9-18-10-8-13)20-17(22)19-11-14-5-3-4-6-15(14)12-21/h3-10,16,21H,2,11-12H2,1H3,(H2,19,20,22). The Morgan fingerprint density at radius 1 is 1.18 bits per heavy atom. The van der Waals surface area contributed by atoms with Crippen molar-refractivity contribution in [3.63, 3.8) is 0 Å². The van der Waals surface area contributed by atoms with E-state index in [9.17, 15) is 9.90 Å². The van der Waals surface area contributed by atoms with Gasteiger partial charge in [-0.2, -0.15) is 0 Å². The van der Waals surface area contributed by atoms with Crippen molar-refractivity contribution in [1.82, 2.24) is 15.6 Å². The molecule has 0 aliphatic carbocycles. The van der Waals surface area contributed by atoms with E-state index in [1.165, 1.54) is 0 Å². The molecule has 3 N–H and O–H groups in total. The van der Waals surface area contributed by atoms with E-state index in [2.05, 4.69) is 15.6 Å². The number of carbonyl (C=O) groups is 1. The van der Waals surface area contributed by atoms with Crippen molar-refractivity contribution in [3.05, 3.63) is 65.5 Å². The van der Waals surface area contributed by atoms with Gasteiger partial charge in [-0.05, 0) is 35.2 Å². The SMILES string of the molecule is CCC(NC(=O)NCc1ccccc1CO)c1ccncc1. The number of nitrogens with zero attached hydrogens (tertiary/aromatic N) is 1. The van der Waals surface area contributed by atoms with E-state index in [-0.39, 0.29) is 18.7 Å². The normalized spacial score (nSPS) is 11.7. The fourth-order valence-corrected chi connectivity index (χ4v) is 2.29. The summed E-state index contributed by atoms with van der Waals surface area (Å²) in [6.45, 7) is 2.37. The van der Waals surface area contributed by atoms with Crippen LogP contribution in [0.3, 0.4) is 0 Å². The maximum atomic E-state index is 12.1. The molecular formula is C17H21N3O2. The van der Waals surface area contributed by atoms with Crippen molar-refractivity contribution in [2.45, 2.75) is 32.5 Å². The zero-order valence-electron chi connectivity index (χ0n) is 12.6. The molecule has 1 aromatic carbocycles. The highest BCUT2D eigenvalue weighted by Gasteiger charge is 2.12. The molecule has 5 nitrogen and oxygen atoms in total. The molecule has 2 amide bonds. The van der Waals surface area contributed by atoms with Gasteiger partial charge in [0.15, 0.2) is 0 Å². The summed E-state index contributed by atoms with van der Waals surface area (Å²) in [6, 6.07) is 11.0. The Morgan fingerprint density at radius 2 is 1.86 bits per heavy atom. The van der Waals surface area contributed by atoms with E-state index in [4.69, 9.17) is 0 Å². The molecule has 1 heterocycles. The van der Waals surface area contributed by atoms with Crippen molar-refractivity contribution in [2.75, 3.05) is 0 Å². The number of amides is 2. The number of carbonyl (C=O) groups excluding carboxylic acids is 1. The van der Waals surface area contributed by atoms with Crippen LogP contribution in [0.15, 0.2) is 48.8 Å². The molecule has 22 heavy (non-hydrogen) atoms. The molecule has 116 valence electrons. The first kappa shape index (κ1) is 16.0. The average Bonchev–Trinajstić information content (AvgIpc) is 2.58. The number of pyridine rings is 1. The van der Waals surface area contributed by atoms with Crippen LogP contribution in [0.2, 0.25) is 0 Å². The van der Waals surface area contributed by atoms with Crippen LogP contribution >= 0.6 is 0 Å². The number of urea groups is 1. The summed E-state index contributed by atoms with van der Waals surface area (Å²) in [7, 11) is 0. The van der Waals surface area contributed by atoms with E-state index < -0.39 is 0 Å². The Kier molecular flexibility index (Phi) is 5.91. The fourth-order valence-electron chi connectivity index (χ4n) is 2.29. The van der Waals surface area contributed by atoms with Crippen LogP contribution in [0, 0.1) is 0 Å². The van der Waals surface area contributed by atoms with Crippen molar-refractivity contribution < 1.29 is 9.90 Å². The molecule has 2 aromatic rings. The summed E-state index contributed by atoms with van der Waals surface area (Å²) in [5.74, 6) is 0. The number of hydrogen-bond acceptors (Lipinski definition) is 3. The molecule has 1 aromatic heterocycles. The number of aromatic nitrogens is 1.